The van der Waals surface area contributed by atoms with Crippen LogP contribution in [0.1, 0.15) is 55.5 Å². The van der Waals surface area contributed by atoms with Crippen molar-refractivity contribution < 1.29 is 0 Å². The Bertz CT molecular complexity index is 895. The van der Waals surface area contributed by atoms with Crippen molar-refractivity contribution in [2.75, 3.05) is 13.6 Å². The Morgan fingerprint density at radius 1 is 1.15 bits per heavy atom. The van der Waals surface area contributed by atoms with Crippen LogP contribution in [-0.4, -0.2) is 28.0 Å². The molecule has 3 heteroatoms. The second-order valence-electron chi connectivity index (χ2n) is 7.81. The van der Waals surface area contributed by atoms with Gasteiger partial charge in [-0.1, -0.05) is 32.4 Å². The number of benzene rings is 1. The van der Waals surface area contributed by atoms with E-state index in [4.69, 9.17) is 0 Å². The first kappa shape index (κ1) is 19.6. The summed E-state index contributed by atoms with van der Waals surface area (Å²) in [6.07, 6.45) is 7.42. The van der Waals surface area contributed by atoms with Crippen LogP contribution in [-0.2, 0) is 19.5 Å². The van der Waals surface area contributed by atoms with Gasteiger partial charge in [-0.05, 0) is 55.8 Å². The summed E-state index contributed by atoms with van der Waals surface area (Å²) in [6, 6.07) is 11.4. The summed E-state index contributed by atoms with van der Waals surface area (Å²) in [5.74, 6) is 0.545. The van der Waals surface area contributed by atoms with Gasteiger partial charge in [0.25, 0.3) is 0 Å². The smallest absolute Gasteiger partial charge is 0.0486 e. The zero-order valence-corrected chi connectivity index (χ0v) is 16.2. The van der Waals surface area contributed by atoms with Crippen molar-refractivity contribution in [3.05, 3.63) is 65.1 Å². The molecule has 1 aliphatic heterocycles. The Kier molecular flexibility index (Phi) is 6.01. The van der Waals surface area contributed by atoms with E-state index >= 15 is 0 Å². The summed E-state index contributed by atoms with van der Waals surface area (Å²) >= 11 is 0. The number of rotatable bonds is 5. The molecule has 0 radical (unpaired) electrons. The standard InChI is InChI=1S/C23H29N3.CH4/c1-4-5-19(18-8-11-24-12-9-18)15-26-22-7-6-17(2)14-20(22)21-16-25(3)13-10-23(21)26;/h6-9,11-12,14,19H,4-5,10,13,15-16H2,1-3H3;1H4. The lowest BCUT2D eigenvalue weighted by Gasteiger charge is -2.26. The molecular weight excluding hydrogens is 330 g/mol. The maximum absolute atomic E-state index is 4.21. The Morgan fingerprint density at radius 3 is 2.67 bits per heavy atom. The number of nitrogens with zero attached hydrogens (tertiary/aromatic N) is 3. The van der Waals surface area contributed by atoms with Crippen LogP contribution in [0.15, 0.2) is 42.7 Å². The van der Waals surface area contributed by atoms with Gasteiger partial charge in [-0.15, -0.1) is 0 Å². The monoisotopic (exact) mass is 363 g/mol. The number of aryl methyl sites for hydroxylation is 1. The average molecular weight is 364 g/mol. The molecule has 1 aromatic carbocycles. The molecule has 3 aromatic rings. The van der Waals surface area contributed by atoms with Crippen molar-refractivity contribution in [2.45, 2.75) is 59.5 Å². The quantitative estimate of drug-likeness (QED) is 0.592. The molecule has 27 heavy (non-hydrogen) atoms. The molecule has 0 aliphatic carbocycles. The molecule has 1 atom stereocenters. The van der Waals surface area contributed by atoms with E-state index in [0.29, 0.717) is 5.92 Å². The van der Waals surface area contributed by atoms with E-state index in [2.05, 4.69) is 65.7 Å². The highest BCUT2D eigenvalue weighted by atomic mass is 15.1. The fourth-order valence-corrected chi connectivity index (χ4v) is 4.48. The van der Waals surface area contributed by atoms with Gasteiger partial charge in [-0.2, -0.15) is 0 Å². The van der Waals surface area contributed by atoms with Gasteiger partial charge in [0, 0.05) is 61.0 Å². The van der Waals surface area contributed by atoms with Crippen molar-refractivity contribution in [2.24, 2.45) is 0 Å². The van der Waals surface area contributed by atoms with Crippen LogP contribution in [0.3, 0.4) is 0 Å². The summed E-state index contributed by atoms with van der Waals surface area (Å²) in [4.78, 5) is 6.66. The van der Waals surface area contributed by atoms with E-state index in [9.17, 15) is 0 Å². The molecule has 3 heterocycles. The first-order valence-electron chi connectivity index (χ1n) is 9.86. The summed E-state index contributed by atoms with van der Waals surface area (Å²) in [5.41, 5.74) is 7.27. The van der Waals surface area contributed by atoms with Crippen LogP contribution in [0.25, 0.3) is 10.9 Å². The molecule has 1 unspecified atom stereocenters. The van der Waals surface area contributed by atoms with Gasteiger partial charge in [0.1, 0.15) is 0 Å². The number of hydrogen-bond acceptors (Lipinski definition) is 2. The highest BCUT2D eigenvalue weighted by molar-refractivity contribution is 5.86. The lowest BCUT2D eigenvalue weighted by Crippen LogP contribution is -2.27. The Labute approximate surface area is 164 Å². The third-order valence-electron chi connectivity index (χ3n) is 5.82. The van der Waals surface area contributed by atoms with Crippen molar-refractivity contribution in [1.29, 1.82) is 0 Å². The summed E-state index contributed by atoms with van der Waals surface area (Å²) in [5, 5.41) is 1.46. The highest BCUT2D eigenvalue weighted by Gasteiger charge is 2.24. The Morgan fingerprint density at radius 2 is 1.93 bits per heavy atom. The van der Waals surface area contributed by atoms with E-state index in [1.165, 1.54) is 34.9 Å². The van der Waals surface area contributed by atoms with Crippen molar-refractivity contribution >= 4 is 10.9 Å². The van der Waals surface area contributed by atoms with Crippen LogP contribution in [0.4, 0.5) is 0 Å². The Balaban J connectivity index is 0.00000210. The minimum atomic E-state index is 0. The number of aromatic nitrogens is 2. The third-order valence-corrected chi connectivity index (χ3v) is 5.82. The van der Waals surface area contributed by atoms with Crippen LogP contribution < -0.4 is 0 Å². The van der Waals surface area contributed by atoms with E-state index in [1.807, 2.05) is 12.4 Å². The topological polar surface area (TPSA) is 21.1 Å². The van der Waals surface area contributed by atoms with E-state index < -0.39 is 0 Å². The fraction of sp³-hybridized carbons (Fsp3) is 0.458. The molecule has 0 N–H and O–H groups in total. The molecule has 1 aliphatic rings. The number of hydrogen-bond donors (Lipinski definition) is 0. The predicted octanol–water partition coefficient (Wildman–Crippen LogP) is 5.55. The predicted molar refractivity (Wildman–Crippen MR) is 115 cm³/mol. The molecule has 0 bridgehead atoms. The molecule has 0 saturated carbocycles. The minimum Gasteiger partial charge on any atom is -0.344 e. The fourth-order valence-electron chi connectivity index (χ4n) is 4.48. The maximum Gasteiger partial charge on any atom is 0.0486 e. The summed E-state index contributed by atoms with van der Waals surface area (Å²) < 4.78 is 2.62. The molecule has 3 nitrogen and oxygen atoms in total. The molecular formula is C24H33N3. The van der Waals surface area contributed by atoms with Crippen molar-refractivity contribution in [3.63, 3.8) is 0 Å². The SMILES string of the molecule is C.CCCC(Cn1c2c(c3cc(C)ccc31)CN(C)CC2)c1ccncc1. The second-order valence-corrected chi connectivity index (χ2v) is 7.81. The number of fused-ring (bicyclic) bond motifs is 3. The van der Waals surface area contributed by atoms with Crippen LogP contribution in [0, 0.1) is 6.92 Å². The summed E-state index contributed by atoms with van der Waals surface area (Å²) in [6.45, 7) is 7.77. The lowest BCUT2D eigenvalue weighted by atomic mass is 9.95. The first-order chi connectivity index (χ1) is 12.7. The lowest BCUT2D eigenvalue weighted by molar-refractivity contribution is 0.308. The van der Waals surface area contributed by atoms with E-state index in [-0.39, 0.29) is 7.43 Å². The average Bonchev–Trinajstić information content (AvgIpc) is 2.94. The van der Waals surface area contributed by atoms with Gasteiger partial charge >= 0.3 is 0 Å². The van der Waals surface area contributed by atoms with E-state index in [0.717, 1.165) is 26.1 Å². The number of likely N-dealkylation sites (N-methyl/N-ethyl adjacent to an activating group) is 1. The van der Waals surface area contributed by atoms with E-state index in [1.54, 1.807) is 11.3 Å². The van der Waals surface area contributed by atoms with Crippen molar-refractivity contribution in [1.82, 2.24) is 14.5 Å². The molecule has 0 amide bonds. The Hall–Kier alpha value is -2.13. The van der Waals surface area contributed by atoms with Crippen LogP contribution in [0.5, 0.6) is 0 Å². The third kappa shape index (κ3) is 3.79. The normalized spacial score (nSPS) is 15.4. The first-order valence-corrected chi connectivity index (χ1v) is 9.86. The molecule has 4 rings (SSSR count). The van der Waals surface area contributed by atoms with Gasteiger partial charge in [-0.25, -0.2) is 0 Å². The van der Waals surface area contributed by atoms with Gasteiger partial charge in [0.05, 0.1) is 0 Å². The second kappa shape index (κ2) is 8.26. The molecule has 0 spiro atoms. The van der Waals surface area contributed by atoms with Gasteiger partial charge in [-0.3, -0.25) is 4.98 Å². The van der Waals surface area contributed by atoms with Crippen molar-refractivity contribution in [3.8, 4) is 0 Å². The molecule has 144 valence electrons. The summed E-state index contributed by atoms with van der Waals surface area (Å²) in [7, 11) is 2.23. The highest BCUT2D eigenvalue weighted by Crippen LogP contribution is 2.34. The number of pyridine rings is 1. The van der Waals surface area contributed by atoms with Gasteiger partial charge in [0.2, 0.25) is 0 Å². The minimum absolute atomic E-state index is 0. The largest absolute Gasteiger partial charge is 0.344 e. The van der Waals surface area contributed by atoms with Crippen LogP contribution in [0.2, 0.25) is 0 Å². The molecule has 0 saturated heterocycles. The van der Waals surface area contributed by atoms with Crippen LogP contribution >= 0.6 is 0 Å². The van der Waals surface area contributed by atoms with Gasteiger partial charge < -0.3 is 9.47 Å². The molecule has 0 fully saturated rings. The zero-order valence-electron chi connectivity index (χ0n) is 16.2. The zero-order chi connectivity index (χ0) is 18.1. The maximum atomic E-state index is 4.21. The molecule has 2 aromatic heterocycles. The van der Waals surface area contributed by atoms with Gasteiger partial charge in [0.15, 0.2) is 0 Å².